The van der Waals surface area contributed by atoms with E-state index < -0.39 is 6.10 Å². The normalized spacial score (nSPS) is 11.7. The van der Waals surface area contributed by atoms with Crippen LogP contribution in [-0.4, -0.2) is 23.7 Å². The first-order valence-electron chi connectivity index (χ1n) is 7.13. The molecule has 0 aliphatic carbocycles. The summed E-state index contributed by atoms with van der Waals surface area (Å²) in [6.07, 6.45) is 4.45. The Kier molecular flexibility index (Phi) is 6.22. The van der Waals surface area contributed by atoms with Crippen LogP contribution in [0.25, 0.3) is 0 Å². The van der Waals surface area contributed by atoms with Gasteiger partial charge in [-0.05, 0) is 49.6 Å². The summed E-state index contributed by atoms with van der Waals surface area (Å²) in [7, 11) is 0. The van der Waals surface area contributed by atoms with Crippen LogP contribution in [-0.2, 0) is 16.0 Å². The van der Waals surface area contributed by atoms with E-state index in [2.05, 4.69) is 4.98 Å². The van der Waals surface area contributed by atoms with Crippen LogP contribution in [0.2, 0.25) is 5.02 Å². The van der Waals surface area contributed by atoms with Crippen LogP contribution >= 0.6 is 11.6 Å². The summed E-state index contributed by atoms with van der Waals surface area (Å²) in [4.78, 5) is 15.9. The topological polar surface area (TPSA) is 48.4 Å². The van der Waals surface area contributed by atoms with Gasteiger partial charge in [-0.3, -0.25) is 4.98 Å². The molecule has 0 saturated heterocycles. The van der Waals surface area contributed by atoms with Crippen LogP contribution in [0.5, 0.6) is 5.75 Å². The quantitative estimate of drug-likeness (QED) is 0.577. The number of aryl methyl sites for hydroxylation is 1. The molecule has 0 amide bonds. The number of benzene rings is 1. The molecular formula is C17H18ClNO3. The Morgan fingerprint density at radius 3 is 2.91 bits per heavy atom. The summed E-state index contributed by atoms with van der Waals surface area (Å²) >= 11 is 5.87. The lowest BCUT2D eigenvalue weighted by Gasteiger charge is -2.14. The Morgan fingerprint density at radius 2 is 2.18 bits per heavy atom. The number of rotatable bonds is 7. The van der Waals surface area contributed by atoms with Crippen molar-refractivity contribution in [2.45, 2.75) is 25.9 Å². The van der Waals surface area contributed by atoms with Gasteiger partial charge >= 0.3 is 5.97 Å². The highest BCUT2D eigenvalue weighted by molar-refractivity contribution is 6.30. The molecule has 0 saturated carbocycles. The zero-order valence-corrected chi connectivity index (χ0v) is 13.1. The van der Waals surface area contributed by atoms with Crippen molar-refractivity contribution in [3.63, 3.8) is 0 Å². The van der Waals surface area contributed by atoms with Gasteiger partial charge < -0.3 is 9.47 Å². The zero-order valence-electron chi connectivity index (χ0n) is 12.4. The first-order valence-corrected chi connectivity index (χ1v) is 7.51. The maximum Gasteiger partial charge on any atom is 0.347 e. The first-order chi connectivity index (χ1) is 10.6. The van der Waals surface area contributed by atoms with Gasteiger partial charge in [0.2, 0.25) is 0 Å². The predicted octanol–water partition coefficient (Wildman–Crippen LogP) is 3.68. The van der Waals surface area contributed by atoms with Gasteiger partial charge in [-0.1, -0.05) is 23.7 Å². The van der Waals surface area contributed by atoms with Crippen molar-refractivity contribution in [3.8, 4) is 5.75 Å². The molecule has 1 atom stereocenters. The third-order valence-corrected chi connectivity index (χ3v) is 3.25. The fourth-order valence-corrected chi connectivity index (χ4v) is 2.09. The number of halogens is 1. The number of hydrogen-bond acceptors (Lipinski definition) is 4. The van der Waals surface area contributed by atoms with Gasteiger partial charge in [-0.25, -0.2) is 4.79 Å². The highest BCUT2D eigenvalue weighted by Crippen LogP contribution is 2.18. The minimum Gasteiger partial charge on any atom is -0.479 e. The summed E-state index contributed by atoms with van der Waals surface area (Å²) in [6, 6.07) is 10.8. The van der Waals surface area contributed by atoms with E-state index >= 15 is 0 Å². The second-order valence-corrected chi connectivity index (χ2v) is 5.29. The van der Waals surface area contributed by atoms with Crippen LogP contribution in [0.4, 0.5) is 0 Å². The van der Waals surface area contributed by atoms with Gasteiger partial charge in [-0.2, -0.15) is 0 Å². The average molecular weight is 320 g/mol. The van der Waals surface area contributed by atoms with Crippen LogP contribution in [0.3, 0.4) is 0 Å². The summed E-state index contributed by atoms with van der Waals surface area (Å²) in [6.45, 7) is 2.02. The molecule has 4 nitrogen and oxygen atoms in total. The van der Waals surface area contributed by atoms with Gasteiger partial charge in [0.1, 0.15) is 5.75 Å². The lowest BCUT2D eigenvalue weighted by molar-refractivity contribution is -0.151. The zero-order chi connectivity index (χ0) is 15.8. The van der Waals surface area contributed by atoms with E-state index in [0.29, 0.717) is 17.4 Å². The highest BCUT2D eigenvalue weighted by atomic mass is 35.5. The molecule has 1 heterocycles. The van der Waals surface area contributed by atoms with E-state index in [9.17, 15) is 4.79 Å². The van der Waals surface area contributed by atoms with Gasteiger partial charge in [0, 0.05) is 17.4 Å². The average Bonchev–Trinajstić information content (AvgIpc) is 2.52. The van der Waals surface area contributed by atoms with Crippen LogP contribution in [0, 0.1) is 0 Å². The van der Waals surface area contributed by atoms with Crippen molar-refractivity contribution in [2.75, 3.05) is 6.61 Å². The Hall–Kier alpha value is -2.07. The van der Waals surface area contributed by atoms with Crippen molar-refractivity contribution in [1.82, 2.24) is 4.98 Å². The largest absolute Gasteiger partial charge is 0.479 e. The second-order valence-electron chi connectivity index (χ2n) is 4.85. The number of carbonyl (C=O) groups is 1. The molecule has 1 aromatic heterocycles. The van der Waals surface area contributed by atoms with E-state index in [1.807, 2.05) is 18.3 Å². The monoisotopic (exact) mass is 319 g/mol. The maximum atomic E-state index is 11.9. The molecule has 0 aliphatic heterocycles. The van der Waals surface area contributed by atoms with Gasteiger partial charge in [-0.15, -0.1) is 0 Å². The number of carbonyl (C=O) groups excluding carboxylic acids is 1. The second kappa shape index (κ2) is 8.39. The highest BCUT2D eigenvalue weighted by Gasteiger charge is 2.16. The van der Waals surface area contributed by atoms with Crippen LogP contribution in [0.1, 0.15) is 18.9 Å². The molecule has 1 aromatic carbocycles. The standard InChI is InChI=1S/C17H18ClNO3/c1-13(22-16-8-2-7-15(18)11-16)17(20)21-10-4-6-14-5-3-9-19-12-14/h2-3,5,7-9,11-13H,4,6,10H2,1H3. The number of ether oxygens (including phenoxy) is 2. The lowest BCUT2D eigenvalue weighted by atomic mass is 10.2. The molecule has 0 bridgehead atoms. The van der Waals surface area contributed by atoms with E-state index in [1.54, 1.807) is 37.4 Å². The first kappa shape index (κ1) is 16.3. The number of esters is 1. The summed E-state index contributed by atoms with van der Waals surface area (Å²) in [5.41, 5.74) is 1.13. The Balaban J connectivity index is 1.70. The maximum absolute atomic E-state index is 11.9. The molecule has 0 N–H and O–H groups in total. The number of nitrogens with zero attached hydrogens (tertiary/aromatic N) is 1. The van der Waals surface area contributed by atoms with Gasteiger partial charge in [0.15, 0.2) is 6.10 Å². The minimum absolute atomic E-state index is 0.358. The smallest absolute Gasteiger partial charge is 0.347 e. The summed E-state index contributed by atoms with van der Waals surface area (Å²) in [5, 5.41) is 0.564. The SMILES string of the molecule is CC(Oc1cccc(Cl)c1)C(=O)OCCCc1cccnc1. The third-order valence-electron chi connectivity index (χ3n) is 3.02. The molecule has 2 aromatic rings. The minimum atomic E-state index is -0.670. The molecule has 5 heteroatoms. The molecule has 2 rings (SSSR count). The molecule has 0 fully saturated rings. The van der Waals surface area contributed by atoms with Crippen LogP contribution < -0.4 is 4.74 Å². The molecule has 0 radical (unpaired) electrons. The Morgan fingerprint density at radius 1 is 1.32 bits per heavy atom. The number of hydrogen-bond donors (Lipinski definition) is 0. The van der Waals surface area contributed by atoms with E-state index in [1.165, 1.54) is 0 Å². The van der Waals surface area contributed by atoms with Gasteiger partial charge in [0.05, 0.1) is 6.61 Å². The molecule has 1 unspecified atom stereocenters. The summed E-state index contributed by atoms with van der Waals surface area (Å²) < 4.78 is 10.7. The van der Waals surface area contributed by atoms with E-state index in [-0.39, 0.29) is 5.97 Å². The van der Waals surface area contributed by atoms with Crippen molar-refractivity contribution in [2.24, 2.45) is 0 Å². The summed E-state index contributed by atoms with van der Waals surface area (Å²) in [5.74, 6) is 0.165. The fraction of sp³-hybridized carbons (Fsp3) is 0.294. The van der Waals surface area contributed by atoms with Crippen LogP contribution in [0.15, 0.2) is 48.8 Å². The number of aromatic nitrogens is 1. The van der Waals surface area contributed by atoms with Crippen molar-refractivity contribution in [3.05, 3.63) is 59.4 Å². The molecule has 0 aliphatic rings. The van der Waals surface area contributed by atoms with Crippen molar-refractivity contribution < 1.29 is 14.3 Å². The lowest BCUT2D eigenvalue weighted by Crippen LogP contribution is -2.26. The predicted molar refractivity (Wildman–Crippen MR) is 85.1 cm³/mol. The number of pyridine rings is 1. The van der Waals surface area contributed by atoms with Crippen molar-refractivity contribution >= 4 is 17.6 Å². The Labute approximate surface area is 135 Å². The molecule has 22 heavy (non-hydrogen) atoms. The van der Waals surface area contributed by atoms with E-state index in [0.717, 1.165) is 18.4 Å². The molecule has 0 spiro atoms. The fourth-order valence-electron chi connectivity index (χ4n) is 1.90. The van der Waals surface area contributed by atoms with Gasteiger partial charge in [0.25, 0.3) is 0 Å². The molecular weight excluding hydrogens is 302 g/mol. The third kappa shape index (κ3) is 5.37. The van der Waals surface area contributed by atoms with Crippen molar-refractivity contribution in [1.29, 1.82) is 0 Å². The molecule has 116 valence electrons. The Bertz CT molecular complexity index is 604. The van der Waals surface area contributed by atoms with E-state index in [4.69, 9.17) is 21.1 Å².